The van der Waals surface area contributed by atoms with Crippen LogP contribution in [0, 0.1) is 11.7 Å². The Labute approximate surface area is 154 Å². The molecule has 1 heterocycles. The third kappa shape index (κ3) is 3.91. The SMILES string of the molecule is O=C(Nc1ccc(F)cc1-c1nc(C2CC2)no1)N[C@H]1CC[C@@H](C(=O)O)C1. The van der Waals surface area contributed by atoms with Crippen molar-refractivity contribution in [2.45, 2.75) is 44.1 Å². The van der Waals surface area contributed by atoms with Gasteiger partial charge in [-0.1, -0.05) is 5.16 Å². The van der Waals surface area contributed by atoms with E-state index in [9.17, 15) is 14.0 Å². The van der Waals surface area contributed by atoms with Gasteiger partial charge >= 0.3 is 12.0 Å². The van der Waals surface area contributed by atoms with Crippen LogP contribution in [0.15, 0.2) is 22.7 Å². The van der Waals surface area contributed by atoms with Crippen molar-refractivity contribution < 1.29 is 23.6 Å². The number of carboxylic acids is 1. The van der Waals surface area contributed by atoms with Crippen molar-refractivity contribution in [2.75, 3.05) is 5.32 Å². The number of carbonyl (C=O) groups excluding carboxylic acids is 1. The summed E-state index contributed by atoms with van der Waals surface area (Å²) in [5, 5.41) is 18.4. The molecule has 2 saturated carbocycles. The maximum atomic E-state index is 13.7. The first-order valence-corrected chi connectivity index (χ1v) is 8.93. The lowest BCUT2D eigenvalue weighted by molar-refractivity contribution is -0.141. The van der Waals surface area contributed by atoms with Gasteiger partial charge < -0.3 is 20.3 Å². The zero-order chi connectivity index (χ0) is 19.0. The van der Waals surface area contributed by atoms with Crippen LogP contribution in [0.4, 0.5) is 14.9 Å². The van der Waals surface area contributed by atoms with E-state index >= 15 is 0 Å². The van der Waals surface area contributed by atoms with Crippen molar-refractivity contribution in [2.24, 2.45) is 5.92 Å². The molecule has 3 N–H and O–H groups in total. The molecule has 1 aromatic heterocycles. The van der Waals surface area contributed by atoms with E-state index in [1.54, 1.807) is 0 Å². The molecule has 0 bridgehead atoms. The molecule has 2 atom stereocenters. The summed E-state index contributed by atoms with van der Waals surface area (Å²) in [4.78, 5) is 27.6. The Bertz CT molecular complexity index is 880. The van der Waals surface area contributed by atoms with Gasteiger partial charge in [0.05, 0.1) is 17.2 Å². The van der Waals surface area contributed by atoms with Crippen LogP contribution in [0.25, 0.3) is 11.5 Å². The summed E-state index contributed by atoms with van der Waals surface area (Å²) >= 11 is 0. The minimum atomic E-state index is -0.844. The lowest BCUT2D eigenvalue weighted by Crippen LogP contribution is -2.36. The predicted molar refractivity (Wildman–Crippen MR) is 92.6 cm³/mol. The van der Waals surface area contributed by atoms with Crippen molar-refractivity contribution >= 4 is 17.7 Å². The summed E-state index contributed by atoms with van der Waals surface area (Å²) in [7, 11) is 0. The van der Waals surface area contributed by atoms with Gasteiger partial charge in [0.1, 0.15) is 5.82 Å². The maximum Gasteiger partial charge on any atom is 0.319 e. The first-order chi connectivity index (χ1) is 13.0. The zero-order valence-corrected chi connectivity index (χ0v) is 14.4. The van der Waals surface area contributed by atoms with Crippen LogP contribution in [0.2, 0.25) is 0 Å². The van der Waals surface area contributed by atoms with Crippen LogP contribution in [-0.2, 0) is 4.79 Å². The smallest absolute Gasteiger partial charge is 0.319 e. The number of benzene rings is 1. The Morgan fingerprint density at radius 3 is 2.74 bits per heavy atom. The second-order valence-corrected chi connectivity index (χ2v) is 7.07. The predicted octanol–water partition coefficient (Wildman–Crippen LogP) is 3.13. The molecule has 8 nitrogen and oxygen atoms in total. The molecule has 2 aromatic rings. The molecule has 2 fully saturated rings. The molecule has 2 aliphatic carbocycles. The number of halogens is 1. The van der Waals surface area contributed by atoms with Gasteiger partial charge in [0.15, 0.2) is 5.82 Å². The molecule has 0 saturated heterocycles. The lowest BCUT2D eigenvalue weighted by atomic mass is 10.1. The Hall–Kier alpha value is -2.97. The molecule has 0 spiro atoms. The molecule has 0 unspecified atom stereocenters. The van der Waals surface area contributed by atoms with Crippen molar-refractivity contribution in [3.8, 4) is 11.5 Å². The van der Waals surface area contributed by atoms with Crippen LogP contribution in [0.5, 0.6) is 0 Å². The van der Waals surface area contributed by atoms with Crippen LogP contribution in [0.3, 0.4) is 0 Å². The van der Waals surface area contributed by atoms with Crippen LogP contribution in [0.1, 0.15) is 43.8 Å². The highest BCUT2D eigenvalue weighted by molar-refractivity contribution is 5.93. The largest absolute Gasteiger partial charge is 0.481 e. The average Bonchev–Trinajstić information content (AvgIpc) is 3.17. The summed E-state index contributed by atoms with van der Waals surface area (Å²) in [5.74, 6) is -0.726. The third-order valence-electron chi connectivity index (χ3n) is 4.96. The number of amides is 2. The highest BCUT2D eigenvalue weighted by atomic mass is 19.1. The number of nitrogens with zero attached hydrogens (tertiary/aromatic N) is 2. The molecule has 1 aromatic carbocycles. The molecule has 4 rings (SSSR count). The minimum absolute atomic E-state index is 0.151. The van der Waals surface area contributed by atoms with E-state index in [0.717, 1.165) is 12.8 Å². The highest BCUT2D eigenvalue weighted by Crippen LogP contribution is 2.39. The Balaban J connectivity index is 1.46. The summed E-state index contributed by atoms with van der Waals surface area (Å²) in [5.41, 5.74) is 0.645. The van der Waals surface area contributed by atoms with Gasteiger partial charge in [0, 0.05) is 12.0 Å². The number of anilines is 1. The Morgan fingerprint density at radius 1 is 1.22 bits per heavy atom. The Kier molecular flexibility index (Phi) is 4.51. The first kappa shape index (κ1) is 17.4. The molecule has 0 radical (unpaired) electrons. The molecular weight excluding hydrogens is 355 g/mol. The monoisotopic (exact) mass is 374 g/mol. The first-order valence-electron chi connectivity index (χ1n) is 8.93. The van der Waals surface area contributed by atoms with E-state index in [4.69, 9.17) is 9.63 Å². The zero-order valence-electron chi connectivity index (χ0n) is 14.4. The van der Waals surface area contributed by atoms with Gasteiger partial charge in [-0.05, 0) is 50.3 Å². The fourth-order valence-electron chi connectivity index (χ4n) is 3.33. The highest BCUT2D eigenvalue weighted by Gasteiger charge is 2.31. The van der Waals surface area contributed by atoms with Crippen LogP contribution >= 0.6 is 0 Å². The minimum Gasteiger partial charge on any atom is -0.481 e. The topological polar surface area (TPSA) is 117 Å². The summed E-state index contributed by atoms with van der Waals surface area (Å²) in [6, 6.07) is 3.20. The standard InChI is InChI=1S/C18H19FN4O4/c19-11-4-6-14(13(8-11)16-22-15(23-27-16)9-1-2-9)21-18(26)20-12-5-3-10(7-12)17(24)25/h4,6,8-10,12H,1-3,5,7H2,(H,24,25)(H2,20,21,26)/t10-,12+/m1/s1. The van der Waals surface area contributed by atoms with Gasteiger partial charge in [-0.3, -0.25) is 4.79 Å². The van der Waals surface area contributed by atoms with Gasteiger partial charge in [0.2, 0.25) is 0 Å². The Morgan fingerprint density at radius 2 is 2.04 bits per heavy atom. The van der Waals surface area contributed by atoms with Gasteiger partial charge in [-0.2, -0.15) is 4.98 Å². The fraction of sp³-hybridized carbons (Fsp3) is 0.444. The molecule has 2 amide bonds. The second kappa shape index (κ2) is 6.98. The van der Waals surface area contributed by atoms with E-state index < -0.39 is 23.7 Å². The lowest BCUT2D eigenvalue weighted by Gasteiger charge is -2.14. The van der Waals surface area contributed by atoms with Crippen LogP contribution in [-0.4, -0.2) is 33.3 Å². The van der Waals surface area contributed by atoms with E-state index in [0.29, 0.717) is 42.3 Å². The number of carboxylic acid groups (broad SMARTS) is 1. The van der Waals surface area contributed by atoms with Crippen LogP contribution < -0.4 is 10.6 Å². The van der Waals surface area contributed by atoms with Crippen molar-refractivity contribution in [1.82, 2.24) is 15.5 Å². The van der Waals surface area contributed by atoms with E-state index in [1.807, 2.05) is 0 Å². The number of hydrogen-bond acceptors (Lipinski definition) is 5. The van der Waals surface area contributed by atoms with Gasteiger partial charge in [-0.25, -0.2) is 9.18 Å². The number of nitrogens with one attached hydrogen (secondary N) is 2. The molecular formula is C18H19FN4O4. The quantitative estimate of drug-likeness (QED) is 0.740. The molecule has 2 aliphatic rings. The molecule has 142 valence electrons. The number of aliphatic carboxylic acids is 1. The number of urea groups is 1. The van der Waals surface area contributed by atoms with Crippen molar-refractivity contribution in [1.29, 1.82) is 0 Å². The van der Waals surface area contributed by atoms with Crippen molar-refractivity contribution in [3.05, 3.63) is 29.8 Å². The normalized spacial score (nSPS) is 21.8. The van der Waals surface area contributed by atoms with Gasteiger partial charge in [0.25, 0.3) is 5.89 Å². The van der Waals surface area contributed by atoms with E-state index in [2.05, 4.69) is 20.8 Å². The fourth-order valence-corrected chi connectivity index (χ4v) is 3.33. The van der Waals surface area contributed by atoms with E-state index in [-0.39, 0.29) is 11.9 Å². The molecule has 9 heteroatoms. The summed E-state index contributed by atoms with van der Waals surface area (Å²) < 4.78 is 19.0. The van der Waals surface area contributed by atoms with Gasteiger partial charge in [-0.15, -0.1) is 0 Å². The maximum absolute atomic E-state index is 13.7. The second-order valence-electron chi connectivity index (χ2n) is 7.07. The summed E-state index contributed by atoms with van der Waals surface area (Å²) in [6.07, 6.45) is 3.55. The third-order valence-corrected chi connectivity index (χ3v) is 4.96. The molecule has 0 aliphatic heterocycles. The van der Waals surface area contributed by atoms with Crippen molar-refractivity contribution in [3.63, 3.8) is 0 Å². The van der Waals surface area contributed by atoms with E-state index in [1.165, 1.54) is 18.2 Å². The summed E-state index contributed by atoms with van der Waals surface area (Å²) in [6.45, 7) is 0. The average molecular weight is 374 g/mol. The number of rotatable bonds is 5. The number of carbonyl (C=O) groups is 2. The molecule has 27 heavy (non-hydrogen) atoms. The number of aromatic nitrogens is 2. The number of hydrogen-bond donors (Lipinski definition) is 3.